The molecule has 0 fully saturated rings. The minimum Gasteiger partial charge on any atom is -0.395 e. The number of nitrogens with one attached hydrogen (secondary N) is 2. The van der Waals surface area contributed by atoms with Crippen molar-refractivity contribution in [2.75, 3.05) is 37.0 Å². The molecule has 1 heterocycles. The third-order valence-electron chi connectivity index (χ3n) is 3.35. The van der Waals surface area contributed by atoms with Gasteiger partial charge in [0.15, 0.2) is 0 Å². The summed E-state index contributed by atoms with van der Waals surface area (Å²) in [5, 5.41) is 14.9. The molecular formula is C16H21ClN6O2. The van der Waals surface area contributed by atoms with E-state index in [1.165, 1.54) is 0 Å². The van der Waals surface area contributed by atoms with Gasteiger partial charge >= 0.3 is 0 Å². The van der Waals surface area contributed by atoms with Crippen LogP contribution in [0.5, 0.6) is 0 Å². The molecule has 25 heavy (non-hydrogen) atoms. The minimum atomic E-state index is -0.185. The summed E-state index contributed by atoms with van der Waals surface area (Å²) in [7, 11) is 1.57. The van der Waals surface area contributed by atoms with Crippen LogP contribution in [0.3, 0.4) is 0 Å². The molecule has 134 valence electrons. The lowest BCUT2D eigenvalue weighted by atomic mass is 10.2. The molecule has 3 N–H and O–H groups in total. The maximum atomic E-state index is 11.7. The average molecular weight is 365 g/mol. The molecule has 1 amide bonds. The predicted molar refractivity (Wildman–Crippen MR) is 97.5 cm³/mol. The van der Waals surface area contributed by atoms with Crippen LogP contribution < -0.4 is 15.5 Å². The van der Waals surface area contributed by atoms with Crippen LogP contribution in [0.2, 0.25) is 5.28 Å². The van der Waals surface area contributed by atoms with Gasteiger partial charge in [-0.2, -0.15) is 15.0 Å². The van der Waals surface area contributed by atoms with Gasteiger partial charge in [-0.1, -0.05) is 13.0 Å². The first-order valence-electron chi connectivity index (χ1n) is 7.94. The number of aliphatic hydroxyl groups is 1. The Hall–Kier alpha value is -2.45. The van der Waals surface area contributed by atoms with Crippen LogP contribution in [0, 0.1) is 0 Å². The number of carbonyl (C=O) groups excluding carboxylic acids is 1. The lowest BCUT2D eigenvalue weighted by Crippen LogP contribution is -2.29. The van der Waals surface area contributed by atoms with Crippen molar-refractivity contribution in [3.8, 4) is 0 Å². The van der Waals surface area contributed by atoms with E-state index in [0.29, 0.717) is 30.3 Å². The number of aliphatic hydroxyl groups excluding tert-OH is 1. The van der Waals surface area contributed by atoms with E-state index >= 15 is 0 Å². The zero-order valence-electron chi connectivity index (χ0n) is 14.2. The molecule has 0 atom stereocenters. The third kappa shape index (κ3) is 5.27. The van der Waals surface area contributed by atoms with Crippen LogP contribution in [-0.2, 0) is 0 Å². The van der Waals surface area contributed by atoms with E-state index in [4.69, 9.17) is 11.6 Å². The van der Waals surface area contributed by atoms with E-state index in [-0.39, 0.29) is 23.7 Å². The second-order valence-corrected chi connectivity index (χ2v) is 5.56. The van der Waals surface area contributed by atoms with Crippen molar-refractivity contribution in [2.45, 2.75) is 13.3 Å². The highest BCUT2D eigenvalue weighted by Crippen LogP contribution is 2.19. The molecule has 9 heteroatoms. The largest absolute Gasteiger partial charge is 0.395 e. The molecule has 0 spiro atoms. The first kappa shape index (κ1) is 18.9. The van der Waals surface area contributed by atoms with E-state index < -0.39 is 0 Å². The van der Waals surface area contributed by atoms with Crippen LogP contribution in [0.15, 0.2) is 24.3 Å². The Kier molecular flexibility index (Phi) is 6.91. The average Bonchev–Trinajstić information content (AvgIpc) is 2.60. The van der Waals surface area contributed by atoms with Gasteiger partial charge in [-0.3, -0.25) is 4.79 Å². The van der Waals surface area contributed by atoms with Crippen molar-refractivity contribution in [3.05, 3.63) is 35.1 Å². The number of benzene rings is 1. The van der Waals surface area contributed by atoms with Crippen molar-refractivity contribution < 1.29 is 9.90 Å². The zero-order chi connectivity index (χ0) is 18.2. The zero-order valence-corrected chi connectivity index (χ0v) is 14.9. The fourth-order valence-electron chi connectivity index (χ4n) is 2.25. The number of aromatic nitrogens is 3. The highest BCUT2D eigenvalue weighted by Gasteiger charge is 2.13. The third-order valence-corrected chi connectivity index (χ3v) is 3.52. The van der Waals surface area contributed by atoms with Crippen molar-refractivity contribution in [1.82, 2.24) is 20.3 Å². The fourth-order valence-corrected chi connectivity index (χ4v) is 2.41. The maximum absolute atomic E-state index is 11.7. The van der Waals surface area contributed by atoms with E-state index in [9.17, 15) is 9.90 Å². The monoisotopic (exact) mass is 364 g/mol. The number of rotatable bonds is 8. The molecule has 2 aromatic rings. The van der Waals surface area contributed by atoms with Crippen molar-refractivity contribution in [2.24, 2.45) is 0 Å². The molecule has 0 aliphatic rings. The number of nitrogens with zero attached hydrogens (tertiary/aromatic N) is 4. The Morgan fingerprint density at radius 1 is 1.28 bits per heavy atom. The molecular weight excluding hydrogens is 344 g/mol. The molecule has 2 rings (SSSR count). The quantitative estimate of drug-likeness (QED) is 0.656. The Labute approximate surface area is 151 Å². The number of carbonyl (C=O) groups is 1. The SMILES string of the molecule is CCCN(CCO)c1nc(Cl)nc(Nc2cccc(C(=O)NC)c2)n1. The second-order valence-electron chi connectivity index (χ2n) is 5.22. The summed E-state index contributed by atoms with van der Waals surface area (Å²) >= 11 is 6.01. The summed E-state index contributed by atoms with van der Waals surface area (Å²) in [5.41, 5.74) is 1.17. The molecule has 0 bridgehead atoms. The van der Waals surface area contributed by atoms with Crippen LogP contribution in [-0.4, -0.2) is 52.7 Å². The number of anilines is 3. The molecule has 0 unspecified atom stereocenters. The van der Waals surface area contributed by atoms with Gasteiger partial charge in [0.05, 0.1) is 6.61 Å². The van der Waals surface area contributed by atoms with E-state index in [0.717, 1.165) is 6.42 Å². The lowest BCUT2D eigenvalue weighted by molar-refractivity contribution is 0.0963. The first-order chi connectivity index (χ1) is 12.1. The molecule has 0 radical (unpaired) electrons. The van der Waals surface area contributed by atoms with Crippen LogP contribution in [0.4, 0.5) is 17.6 Å². The molecule has 1 aromatic carbocycles. The molecule has 0 saturated carbocycles. The van der Waals surface area contributed by atoms with Gasteiger partial charge < -0.3 is 20.6 Å². The van der Waals surface area contributed by atoms with Gasteiger partial charge in [0.1, 0.15) is 0 Å². The summed E-state index contributed by atoms with van der Waals surface area (Å²) in [5.74, 6) is 0.471. The summed E-state index contributed by atoms with van der Waals surface area (Å²) in [6.45, 7) is 3.10. The summed E-state index contributed by atoms with van der Waals surface area (Å²) in [4.78, 5) is 26.1. The van der Waals surface area contributed by atoms with Gasteiger partial charge in [-0.05, 0) is 36.2 Å². The van der Waals surface area contributed by atoms with Gasteiger partial charge in [0.2, 0.25) is 17.2 Å². The summed E-state index contributed by atoms with van der Waals surface area (Å²) in [6, 6.07) is 6.95. The Bertz CT molecular complexity index is 722. The topological polar surface area (TPSA) is 103 Å². The highest BCUT2D eigenvalue weighted by atomic mass is 35.5. The van der Waals surface area contributed by atoms with Crippen LogP contribution >= 0.6 is 11.6 Å². The number of hydrogen-bond donors (Lipinski definition) is 3. The molecule has 0 aliphatic carbocycles. The Balaban J connectivity index is 2.26. The van der Waals surface area contributed by atoms with Crippen molar-refractivity contribution >= 4 is 35.1 Å². The summed E-state index contributed by atoms with van der Waals surface area (Å²) in [6.07, 6.45) is 0.875. The van der Waals surface area contributed by atoms with Crippen molar-refractivity contribution in [3.63, 3.8) is 0 Å². The lowest BCUT2D eigenvalue weighted by Gasteiger charge is -2.21. The standard InChI is InChI=1S/C16H21ClN6O2/c1-3-7-23(8-9-24)16-21-14(17)20-15(22-16)19-12-6-4-5-11(10-12)13(25)18-2/h4-6,10,24H,3,7-9H2,1-2H3,(H,18,25)(H,19,20,21,22). The Morgan fingerprint density at radius 3 is 2.76 bits per heavy atom. The number of amides is 1. The van der Waals surface area contributed by atoms with Gasteiger partial charge in [-0.15, -0.1) is 0 Å². The fraction of sp³-hybridized carbons (Fsp3) is 0.375. The molecule has 1 aromatic heterocycles. The smallest absolute Gasteiger partial charge is 0.251 e. The van der Waals surface area contributed by atoms with E-state index in [1.807, 2.05) is 11.8 Å². The van der Waals surface area contributed by atoms with Crippen molar-refractivity contribution in [1.29, 1.82) is 0 Å². The maximum Gasteiger partial charge on any atom is 0.251 e. The normalized spacial score (nSPS) is 10.4. The molecule has 8 nitrogen and oxygen atoms in total. The first-order valence-corrected chi connectivity index (χ1v) is 8.31. The summed E-state index contributed by atoms with van der Waals surface area (Å²) < 4.78 is 0. The van der Waals surface area contributed by atoms with Gasteiger partial charge in [-0.25, -0.2) is 0 Å². The number of hydrogen-bond acceptors (Lipinski definition) is 7. The van der Waals surface area contributed by atoms with Crippen LogP contribution in [0.25, 0.3) is 0 Å². The van der Waals surface area contributed by atoms with Gasteiger partial charge in [0.25, 0.3) is 5.91 Å². The van der Waals surface area contributed by atoms with E-state index in [2.05, 4.69) is 25.6 Å². The Morgan fingerprint density at radius 2 is 2.08 bits per heavy atom. The number of halogens is 1. The molecule has 0 saturated heterocycles. The molecule has 0 aliphatic heterocycles. The van der Waals surface area contributed by atoms with E-state index in [1.54, 1.807) is 31.3 Å². The second kappa shape index (κ2) is 9.14. The minimum absolute atomic E-state index is 0.0137. The predicted octanol–water partition coefficient (Wildman–Crippen LogP) is 1.84. The highest BCUT2D eigenvalue weighted by molar-refractivity contribution is 6.28. The van der Waals surface area contributed by atoms with Crippen LogP contribution in [0.1, 0.15) is 23.7 Å². The van der Waals surface area contributed by atoms with Gasteiger partial charge in [0, 0.05) is 31.4 Å².